The molecule has 6 heteroatoms. The smallest absolute Gasteiger partial charge is 0.224 e. The van der Waals surface area contributed by atoms with Crippen LogP contribution in [0.25, 0.3) is 0 Å². The lowest BCUT2D eigenvalue weighted by atomic mass is 10.1. The summed E-state index contributed by atoms with van der Waals surface area (Å²) in [6.07, 6.45) is 0.656. The quantitative estimate of drug-likeness (QED) is 0.763. The van der Waals surface area contributed by atoms with Crippen molar-refractivity contribution in [1.82, 2.24) is 15.5 Å². The first kappa shape index (κ1) is 17.9. The first-order valence-corrected chi connectivity index (χ1v) is 9.04. The zero-order chi connectivity index (χ0) is 17.6. The summed E-state index contributed by atoms with van der Waals surface area (Å²) >= 11 is 0. The summed E-state index contributed by atoms with van der Waals surface area (Å²) in [4.78, 5) is 26.6. The van der Waals surface area contributed by atoms with Gasteiger partial charge in [0, 0.05) is 32.7 Å². The van der Waals surface area contributed by atoms with E-state index in [1.807, 2.05) is 25.1 Å². The fraction of sp³-hybridized carbons (Fsp3) is 0.579. The van der Waals surface area contributed by atoms with Gasteiger partial charge in [0.1, 0.15) is 0 Å². The molecule has 1 aromatic carbocycles. The highest BCUT2D eigenvalue weighted by Crippen LogP contribution is 2.38. The van der Waals surface area contributed by atoms with Gasteiger partial charge < -0.3 is 15.4 Å². The molecule has 2 unspecified atom stereocenters. The minimum absolute atomic E-state index is 0.00367. The zero-order valence-corrected chi connectivity index (χ0v) is 14.8. The van der Waals surface area contributed by atoms with Crippen LogP contribution in [-0.2, 0) is 20.9 Å². The third-order valence-corrected chi connectivity index (χ3v) is 4.84. The molecule has 0 aromatic heterocycles. The third-order valence-electron chi connectivity index (χ3n) is 4.84. The predicted molar refractivity (Wildman–Crippen MR) is 94.9 cm³/mol. The van der Waals surface area contributed by atoms with Gasteiger partial charge >= 0.3 is 0 Å². The van der Waals surface area contributed by atoms with Gasteiger partial charge in [-0.25, -0.2) is 0 Å². The van der Waals surface area contributed by atoms with Gasteiger partial charge in [-0.1, -0.05) is 29.8 Å². The second-order valence-electron chi connectivity index (χ2n) is 6.90. The van der Waals surface area contributed by atoms with Gasteiger partial charge in [0.05, 0.1) is 25.0 Å². The van der Waals surface area contributed by atoms with E-state index in [9.17, 15) is 9.59 Å². The maximum atomic E-state index is 12.2. The molecule has 1 aliphatic carbocycles. The first-order valence-electron chi connectivity index (χ1n) is 9.04. The molecule has 2 N–H and O–H groups in total. The average Bonchev–Trinajstić information content (AvgIpc) is 3.41. The molecule has 0 spiro atoms. The normalized spacial score (nSPS) is 23.1. The lowest BCUT2D eigenvalue weighted by molar-refractivity contribution is -0.127. The molecule has 6 nitrogen and oxygen atoms in total. The summed E-state index contributed by atoms with van der Waals surface area (Å²) in [6, 6.07) is 8.07. The number of aryl methyl sites for hydroxylation is 1. The number of hydrogen-bond acceptors (Lipinski definition) is 4. The van der Waals surface area contributed by atoms with Crippen molar-refractivity contribution in [3.8, 4) is 0 Å². The van der Waals surface area contributed by atoms with Crippen LogP contribution in [0.5, 0.6) is 0 Å². The molecule has 1 aromatic rings. The van der Waals surface area contributed by atoms with Crippen molar-refractivity contribution in [3.05, 3.63) is 35.4 Å². The molecule has 25 heavy (non-hydrogen) atoms. The molecule has 3 rings (SSSR count). The number of nitrogens with zero attached hydrogens (tertiary/aromatic N) is 1. The van der Waals surface area contributed by atoms with Crippen LogP contribution in [-0.4, -0.2) is 56.1 Å². The first-order chi connectivity index (χ1) is 12.1. The fourth-order valence-corrected chi connectivity index (χ4v) is 3.21. The van der Waals surface area contributed by atoms with Crippen molar-refractivity contribution in [1.29, 1.82) is 0 Å². The SMILES string of the molecule is Cc1cccc(CNC(=O)C2CC2C(=O)NCCN2CCOCC2)c1. The number of ether oxygens (including phenoxy) is 1. The topological polar surface area (TPSA) is 70.7 Å². The van der Waals surface area contributed by atoms with Gasteiger partial charge in [-0.05, 0) is 18.9 Å². The number of benzene rings is 1. The molecule has 0 radical (unpaired) electrons. The minimum Gasteiger partial charge on any atom is -0.379 e. The van der Waals surface area contributed by atoms with Crippen LogP contribution >= 0.6 is 0 Å². The Morgan fingerprint density at radius 2 is 1.88 bits per heavy atom. The Morgan fingerprint density at radius 1 is 1.16 bits per heavy atom. The Balaban J connectivity index is 1.33. The zero-order valence-electron chi connectivity index (χ0n) is 14.8. The Kier molecular flexibility index (Phi) is 6.04. The maximum absolute atomic E-state index is 12.2. The van der Waals surface area contributed by atoms with E-state index in [-0.39, 0.29) is 23.7 Å². The Labute approximate surface area is 148 Å². The minimum atomic E-state index is -0.173. The summed E-state index contributed by atoms with van der Waals surface area (Å²) in [5.41, 5.74) is 2.26. The van der Waals surface area contributed by atoms with E-state index in [4.69, 9.17) is 4.74 Å². The summed E-state index contributed by atoms with van der Waals surface area (Å²) in [6.45, 7) is 7.39. The molecule has 2 fully saturated rings. The third kappa shape index (κ3) is 5.28. The van der Waals surface area contributed by atoms with Crippen LogP contribution in [0.3, 0.4) is 0 Å². The average molecular weight is 345 g/mol. The van der Waals surface area contributed by atoms with Crippen LogP contribution in [0.4, 0.5) is 0 Å². The number of carbonyl (C=O) groups excluding carboxylic acids is 2. The molecule has 1 aliphatic heterocycles. The number of morpholine rings is 1. The predicted octanol–water partition coefficient (Wildman–Crippen LogP) is 0.696. The highest BCUT2D eigenvalue weighted by Gasteiger charge is 2.47. The summed E-state index contributed by atoms with van der Waals surface area (Å²) in [7, 11) is 0. The van der Waals surface area contributed by atoms with Crippen molar-refractivity contribution in [2.75, 3.05) is 39.4 Å². The number of carbonyl (C=O) groups is 2. The fourth-order valence-electron chi connectivity index (χ4n) is 3.21. The maximum Gasteiger partial charge on any atom is 0.224 e. The second-order valence-corrected chi connectivity index (χ2v) is 6.90. The van der Waals surface area contributed by atoms with Crippen molar-refractivity contribution in [2.24, 2.45) is 11.8 Å². The van der Waals surface area contributed by atoms with Gasteiger partial charge in [-0.3, -0.25) is 14.5 Å². The van der Waals surface area contributed by atoms with E-state index in [0.29, 0.717) is 19.5 Å². The van der Waals surface area contributed by atoms with E-state index in [1.54, 1.807) is 0 Å². The molecule has 2 amide bonds. The molecule has 2 atom stereocenters. The largest absolute Gasteiger partial charge is 0.379 e. The molecule has 136 valence electrons. The van der Waals surface area contributed by atoms with Crippen LogP contribution < -0.4 is 10.6 Å². The Bertz CT molecular complexity index is 614. The van der Waals surface area contributed by atoms with Crippen molar-refractivity contribution in [3.63, 3.8) is 0 Å². The molecule has 0 bridgehead atoms. The van der Waals surface area contributed by atoms with E-state index in [0.717, 1.165) is 38.4 Å². The second kappa shape index (κ2) is 8.45. The molecule has 1 saturated carbocycles. The number of hydrogen-bond donors (Lipinski definition) is 2. The lowest BCUT2D eigenvalue weighted by Crippen LogP contribution is -2.41. The molecular weight excluding hydrogens is 318 g/mol. The van der Waals surface area contributed by atoms with Gasteiger partial charge in [-0.2, -0.15) is 0 Å². The molecule has 2 aliphatic rings. The molecular formula is C19H27N3O3. The van der Waals surface area contributed by atoms with E-state index in [1.165, 1.54) is 5.56 Å². The van der Waals surface area contributed by atoms with E-state index < -0.39 is 0 Å². The van der Waals surface area contributed by atoms with E-state index in [2.05, 4.69) is 21.6 Å². The highest BCUT2D eigenvalue weighted by atomic mass is 16.5. The molecule has 1 heterocycles. The van der Waals surface area contributed by atoms with Gasteiger partial charge in [0.25, 0.3) is 0 Å². The summed E-state index contributed by atoms with van der Waals surface area (Å²) in [5.74, 6) is -0.353. The number of rotatable bonds is 7. The standard InChI is InChI=1S/C19H27N3O3/c1-14-3-2-4-15(11-14)13-21-19(24)17-12-16(17)18(23)20-5-6-22-7-9-25-10-8-22/h2-4,11,16-17H,5-10,12-13H2,1H3,(H,20,23)(H,21,24). The van der Waals surface area contributed by atoms with Gasteiger partial charge in [0.2, 0.25) is 11.8 Å². The van der Waals surface area contributed by atoms with Crippen LogP contribution in [0, 0.1) is 18.8 Å². The summed E-state index contributed by atoms with van der Waals surface area (Å²) in [5, 5.41) is 5.90. The monoisotopic (exact) mass is 345 g/mol. The Hall–Kier alpha value is -1.92. The summed E-state index contributed by atoms with van der Waals surface area (Å²) < 4.78 is 5.30. The van der Waals surface area contributed by atoms with Crippen molar-refractivity contribution < 1.29 is 14.3 Å². The molecule has 1 saturated heterocycles. The van der Waals surface area contributed by atoms with Gasteiger partial charge in [0.15, 0.2) is 0 Å². The van der Waals surface area contributed by atoms with Crippen molar-refractivity contribution >= 4 is 11.8 Å². The Morgan fingerprint density at radius 3 is 2.60 bits per heavy atom. The van der Waals surface area contributed by atoms with E-state index >= 15 is 0 Å². The number of amides is 2. The van der Waals surface area contributed by atoms with Crippen LogP contribution in [0.1, 0.15) is 17.5 Å². The number of nitrogens with one attached hydrogen (secondary N) is 2. The van der Waals surface area contributed by atoms with Crippen molar-refractivity contribution in [2.45, 2.75) is 19.9 Å². The lowest BCUT2D eigenvalue weighted by Gasteiger charge is -2.26. The van der Waals surface area contributed by atoms with Gasteiger partial charge in [-0.15, -0.1) is 0 Å². The van der Waals surface area contributed by atoms with Crippen LogP contribution in [0.2, 0.25) is 0 Å². The highest BCUT2D eigenvalue weighted by molar-refractivity contribution is 5.92. The van der Waals surface area contributed by atoms with Crippen LogP contribution in [0.15, 0.2) is 24.3 Å².